The van der Waals surface area contributed by atoms with Crippen LogP contribution in [0.4, 0.5) is 0 Å². The van der Waals surface area contributed by atoms with E-state index < -0.39 is 0 Å². The van der Waals surface area contributed by atoms with Gasteiger partial charge in [0.05, 0.1) is 6.10 Å². The molecule has 0 aromatic carbocycles. The molecule has 3 nitrogen and oxygen atoms in total. The van der Waals surface area contributed by atoms with Gasteiger partial charge in [-0.05, 0) is 32.4 Å². The fourth-order valence-corrected chi connectivity index (χ4v) is 2.38. The van der Waals surface area contributed by atoms with Gasteiger partial charge in [0.1, 0.15) is 0 Å². The Morgan fingerprint density at radius 2 is 2.15 bits per heavy atom. The van der Waals surface area contributed by atoms with E-state index in [1.54, 1.807) is 0 Å². The molecule has 2 fully saturated rings. The molecule has 0 aromatic heterocycles. The highest BCUT2D eigenvalue weighted by Gasteiger charge is 2.26. The van der Waals surface area contributed by atoms with Crippen molar-refractivity contribution in [3.63, 3.8) is 0 Å². The average molecular weight is 184 g/mol. The zero-order chi connectivity index (χ0) is 9.10. The summed E-state index contributed by atoms with van der Waals surface area (Å²) in [5, 5.41) is 3.52. The SMILES string of the molecule is CO[C@@H]1CN[C@@H](CN2CCCC2)C1. The van der Waals surface area contributed by atoms with E-state index in [0.29, 0.717) is 12.1 Å². The Morgan fingerprint density at radius 3 is 2.77 bits per heavy atom. The van der Waals surface area contributed by atoms with Crippen LogP contribution in [0.5, 0.6) is 0 Å². The summed E-state index contributed by atoms with van der Waals surface area (Å²) in [6.45, 7) is 4.86. The number of hydrogen-bond donors (Lipinski definition) is 1. The van der Waals surface area contributed by atoms with E-state index in [1.165, 1.54) is 38.9 Å². The van der Waals surface area contributed by atoms with Crippen LogP contribution in [0, 0.1) is 0 Å². The van der Waals surface area contributed by atoms with Crippen molar-refractivity contribution in [2.24, 2.45) is 0 Å². The minimum absolute atomic E-state index is 0.451. The summed E-state index contributed by atoms with van der Waals surface area (Å²) in [5.74, 6) is 0. The highest BCUT2D eigenvalue weighted by Crippen LogP contribution is 2.14. The lowest BCUT2D eigenvalue weighted by Gasteiger charge is -2.19. The van der Waals surface area contributed by atoms with E-state index >= 15 is 0 Å². The third kappa shape index (κ3) is 2.42. The molecule has 0 bridgehead atoms. The maximum Gasteiger partial charge on any atom is 0.0711 e. The minimum atomic E-state index is 0.451. The number of nitrogens with one attached hydrogen (secondary N) is 1. The number of likely N-dealkylation sites (tertiary alicyclic amines) is 1. The summed E-state index contributed by atoms with van der Waals surface area (Å²) >= 11 is 0. The van der Waals surface area contributed by atoms with Crippen molar-refractivity contribution >= 4 is 0 Å². The maximum absolute atomic E-state index is 5.32. The van der Waals surface area contributed by atoms with Gasteiger partial charge in [0.25, 0.3) is 0 Å². The molecular weight excluding hydrogens is 164 g/mol. The third-order valence-corrected chi connectivity index (χ3v) is 3.19. The highest BCUT2D eigenvalue weighted by atomic mass is 16.5. The molecule has 2 rings (SSSR count). The Kier molecular flexibility index (Phi) is 3.19. The Morgan fingerprint density at radius 1 is 1.38 bits per heavy atom. The molecule has 13 heavy (non-hydrogen) atoms. The van der Waals surface area contributed by atoms with Crippen LogP contribution in [-0.2, 0) is 4.74 Å². The quantitative estimate of drug-likeness (QED) is 0.689. The standard InChI is InChI=1S/C10H20N2O/c1-13-10-6-9(11-7-10)8-12-4-2-3-5-12/h9-11H,2-8H2,1H3/t9-,10+/m1/s1. The summed E-state index contributed by atoms with van der Waals surface area (Å²) in [6, 6.07) is 0.669. The lowest BCUT2D eigenvalue weighted by Crippen LogP contribution is -2.35. The number of methoxy groups -OCH3 is 1. The van der Waals surface area contributed by atoms with Gasteiger partial charge >= 0.3 is 0 Å². The van der Waals surface area contributed by atoms with E-state index in [4.69, 9.17) is 4.74 Å². The molecule has 0 aliphatic carbocycles. The van der Waals surface area contributed by atoms with E-state index in [9.17, 15) is 0 Å². The van der Waals surface area contributed by atoms with Crippen molar-refractivity contribution in [2.75, 3.05) is 33.3 Å². The molecule has 0 amide bonds. The number of nitrogens with zero attached hydrogens (tertiary/aromatic N) is 1. The fourth-order valence-electron chi connectivity index (χ4n) is 2.38. The summed E-state index contributed by atoms with van der Waals surface area (Å²) in [5.41, 5.74) is 0. The third-order valence-electron chi connectivity index (χ3n) is 3.19. The predicted molar refractivity (Wildman–Crippen MR) is 52.9 cm³/mol. The molecule has 2 atom stereocenters. The van der Waals surface area contributed by atoms with E-state index in [-0.39, 0.29) is 0 Å². The van der Waals surface area contributed by atoms with Crippen LogP contribution in [0.3, 0.4) is 0 Å². The number of ether oxygens (including phenoxy) is 1. The molecule has 0 spiro atoms. The van der Waals surface area contributed by atoms with Crippen molar-refractivity contribution in [3.8, 4) is 0 Å². The van der Waals surface area contributed by atoms with Gasteiger partial charge in [-0.3, -0.25) is 0 Å². The van der Waals surface area contributed by atoms with Gasteiger partial charge < -0.3 is 15.0 Å². The predicted octanol–water partition coefficient (Wildman–Crippen LogP) is 0.459. The van der Waals surface area contributed by atoms with Crippen molar-refractivity contribution in [1.82, 2.24) is 10.2 Å². The molecule has 2 aliphatic heterocycles. The molecule has 0 unspecified atom stereocenters. The Bertz CT molecular complexity index is 157. The lowest BCUT2D eigenvalue weighted by atomic mass is 10.2. The highest BCUT2D eigenvalue weighted by molar-refractivity contribution is 4.85. The van der Waals surface area contributed by atoms with E-state index in [1.807, 2.05) is 7.11 Å². The summed E-state index contributed by atoms with van der Waals surface area (Å²) < 4.78 is 5.32. The first-order valence-corrected chi connectivity index (χ1v) is 5.37. The first kappa shape index (κ1) is 9.44. The summed E-state index contributed by atoms with van der Waals surface area (Å²) in [6.07, 6.45) is 4.42. The second-order valence-corrected chi connectivity index (χ2v) is 4.21. The normalized spacial score (nSPS) is 35.8. The van der Waals surface area contributed by atoms with Crippen LogP contribution >= 0.6 is 0 Å². The molecule has 3 heteroatoms. The zero-order valence-electron chi connectivity index (χ0n) is 8.46. The van der Waals surface area contributed by atoms with Crippen molar-refractivity contribution in [2.45, 2.75) is 31.4 Å². The van der Waals surface area contributed by atoms with Gasteiger partial charge in [-0.15, -0.1) is 0 Å². The Balaban J connectivity index is 1.70. The van der Waals surface area contributed by atoms with Crippen molar-refractivity contribution < 1.29 is 4.74 Å². The van der Waals surface area contributed by atoms with Crippen LogP contribution in [0.1, 0.15) is 19.3 Å². The average Bonchev–Trinajstić information content (AvgIpc) is 2.76. The monoisotopic (exact) mass is 184 g/mol. The molecular formula is C10H20N2O. The van der Waals surface area contributed by atoms with Crippen LogP contribution in [-0.4, -0.2) is 50.3 Å². The number of rotatable bonds is 3. The van der Waals surface area contributed by atoms with Crippen molar-refractivity contribution in [3.05, 3.63) is 0 Å². The van der Waals surface area contributed by atoms with Gasteiger partial charge in [-0.25, -0.2) is 0 Å². The van der Waals surface area contributed by atoms with Crippen LogP contribution in [0.2, 0.25) is 0 Å². The topological polar surface area (TPSA) is 24.5 Å². The van der Waals surface area contributed by atoms with Gasteiger partial charge in [0.2, 0.25) is 0 Å². The van der Waals surface area contributed by atoms with Crippen LogP contribution in [0.25, 0.3) is 0 Å². The molecule has 0 aromatic rings. The molecule has 0 saturated carbocycles. The molecule has 1 N–H and O–H groups in total. The van der Waals surface area contributed by atoms with Gasteiger partial charge in [-0.1, -0.05) is 0 Å². The lowest BCUT2D eigenvalue weighted by molar-refractivity contribution is 0.116. The van der Waals surface area contributed by atoms with Gasteiger partial charge in [0.15, 0.2) is 0 Å². The maximum atomic E-state index is 5.32. The molecule has 2 saturated heterocycles. The fraction of sp³-hybridized carbons (Fsp3) is 1.00. The number of hydrogen-bond acceptors (Lipinski definition) is 3. The first-order chi connectivity index (χ1) is 6.38. The molecule has 0 radical (unpaired) electrons. The second kappa shape index (κ2) is 4.40. The molecule has 2 heterocycles. The summed E-state index contributed by atoms with van der Waals surface area (Å²) in [7, 11) is 1.81. The Hall–Kier alpha value is -0.120. The smallest absolute Gasteiger partial charge is 0.0711 e. The zero-order valence-corrected chi connectivity index (χ0v) is 8.46. The van der Waals surface area contributed by atoms with E-state index in [0.717, 1.165) is 6.54 Å². The Labute approximate surface area is 80.4 Å². The van der Waals surface area contributed by atoms with Crippen molar-refractivity contribution in [1.29, 1.82) is 0 Å². The largest absolute Gasteiger partial charge is 0.380 e. The summed E-state index contributed by atoms with van der Waals surface area (Å²) in [4.78, 5) is 2.57. The van der Waals surface area contributed by atoms with Gasteiger partial charge in [0, 0.05) is 26.2 Å². The van der Waals surface area contributed by atoms with Crippen LogP contribution in [0.15, 0.2) is 0 Å². The molecule has 2 aliphatic rings. The van der Waals surface area contributed by atoms with Gasteiger partial charge in [-0.2, -0.15) is 0 Å². The molecule has 76 valence electrons. The minimum Gasteiger partial charge on any atom is -0.380 e. The van der Waals surface area contributed by atoms with Crippen LogP contribution < -0.4 is 5.32 Å². The first-order valence-electron chi connectivity index (χ1n) is 5.37. The van der Waals surface area contributed by atoms with E-state index in [2.05, 4.69) is 10.2 Å². The second-order valence-electron chi connectivity index (χ2n) is 4.21.